The molecule has 0 aromatic heterocycles. The summed E-state index contributed by atoms with van der Waals surface area (Å²) in [6.45, 7) is 0.367. The van der Waals surface area contributed by atoms with Gasteiger partial charge in [0.25, 0.3) is 5.91 Å². The second-order valence-corrected chi connectivity index (χ2v) is 8.38. The second-order valence-electron chi connectivity index (χ2n) is 7.94. The zero-order valence-electron chi connectivity index (χ0n) is 18.4. The minimum absolute atomic E-state index is 0.171. The highest BCUT2D eigenvalue weighted by atomic mass is 35.5. The van der Waals surface area contributed by atoms with Crippen molar-refractivity contribution in [1.29, 1.82) is 0 Å². The predicted molar refractivity (Wildman–Crippen MR) is 129 cm³/mol. The van der Waals surface area contributed by atoms with Crippen molar-refractivity contribution in [3.63, 3.8) is 0 Å². The maximum absolute atomic E-state index is 13.9. The number of para-hydroxylation sites is 2. The Labute approximate surface area is 202 Å². The van der Waals surface area contributed by atoms with Crippen LogP contribution >= 0.6 is 11.6 Å². The van der Waals surface area contributed by atoms with Crippen molar-refractivity contribution < 1.29 is 19.1 Å². The van der Waals surface area contributed by atoms with Gasteiger partial charge < -0.3 is 9.47 Å². The first-order valence-corrected chi connectivity index (χ1v) is 11.3. The van der Waals surface area contributed by atoms with Crippen LogP contribution < -0.4 is 9.75 Å². The van der Waals surface area contributed by atoms with Crippen LogP contribution in [-0.2, 0) is 9.53 Å². The zero-order valence-corrected chi connectivity index (χ0v) is 19.2. The van der Waals surface area contributed by atoms with Gasteiger partial charge in [-0.2, -0.15) is 5.10 Å². The number of rotatable bonds is 5. The van der Waals surface area contributed by atoms with Crippen LogP contribution in [0.2, 0.25) is 5.02 Å². The van der Waals surface area contributed by atoms with Crippen LogP contribution in [0.4, 0.5) is 10.5 Å². The summed E-state index contributed by atoms with van der Waals surface area (Å²) in [4.78, 5) is 27.4. The summed E-state index contributed by atoms with van der Waals surface area (Å²) in [7, 11) is 1.59. The number of ether oxygens (including phenoxy) is 2. The fraction of sp³-hybridized carbons (Fsp3) is 0.192. The third kappa shape index (κ3) is 3.88. The minimum Gasteiger partial charge on any atom is -0.496 e. The highest BCUT2D eigenvalue weighted by molar-refractivity contribution is 6.31. The molecule has 8 heteroatoms. The summed E-state index contributed by atoms with van der Waals surface area (Å²) in [5.41, 5.74) is 2.95. The molecule has 2 atom stereocenters. The average molecular weight is 476 g/mol. The first-order valence-electron chi connectivity index (χ1n) is 10.9. The molecule has 2 aliphatic heterocycles. The number of hydrogen-bond donors (Lipinski definition) is 0. The summed E-state index contributed by atoms with van der Waals surface area (Å²) < 4.78 is 10.7. The largest absolute Gasteiger partial charge is 0.496 e. The van der Waals surface area contributed by atoms with E-state index >= 15 is 0 Å². The first-order chi connectivity index (χ1) is 16.6. The Bertz CT molecular complexity index is 1260. The molecular weight excluding hydrogens is 454 g/mol. The van der Waals surface area contributed by atoms with Gasteiger partial charge in [-0.05, 0) is 35.9 Å². The highest BCUT2D eigenvalue weighted by Crippen LogP contribution is 2.41. The number of benzene rings is 3. The lowest BCUT2D eigenvalue weighted by Gasteiger charge is -2.30. The number of carbonyl (C=O) groups excluding carboxylic acids is 2. The van der Waals surface area contributed by atoms with Gasteiger partial charge in [-0.25, -0.2) is 9.69 Å². The molecule has 3 aromatic rings. The van der Waals surface area contributed by atoms with Crippen LogP contribution in [0.25, 0.3) is 0 Å². The van der Waals surface area contributed by atoms with Crippen molar-refractivity contribution >= 4 is 35.0 Å². The monoisotopic (exact) mass is 475 g/mol. The number of cyclic esters (lactones) is 1. The maximum Gasteiger partial charge on any atom is 0.416 e. The van der Waals surface area contributed by atoms with Gasteiger partial charge in [-0.1, -0.05) is 60.1 Å². The SMILES string of the molecule is COc1ccccc1[C@@H]1C(c2cccc(Cl)c2)=NN(c2ccccc2)[C@H]1C(=O)N1CCOC1=O. The fourth-order valence-corrected chi connectivity index (χ4v) is 4.65. The van der Waals surface area contributed by atoms with E-state index in [0.29, 0.717) is 16.5 Å². The van der Waals surface area contributed by atoms with E-state index in [2.05, 4.69) is 0 Å². The van der Waals surface area contributed by atoms with Gasteiger partial charge in [0.15, 0.2) is 0 Å². The minimum atomic E-state index is -0.835. The number of methoxy groups -OCH3 is 1. The zero-order chi connectivity index (χ0) is 23.7. The van der Waals surface area contributed by atoms with E-state index in [1.165, 1.54) is 0 Å². The molecule has 34 heavy (non-hydrogen) atoms. The first kappa shape index (κ1) is 22.0. The molecule has 1 fully saturated rings. The van der Waals surface area contributed by atoms with Crippen LogP contribution in [0, 0.1) is 0 Å². The van der Waals surface area contributed by atoms with Crippen molar-refractivity contribution in [2.24, 2.45) is 5.10 Å². The normalized spacial score (nSPS) is 19.7. The number of carbonyl (C=O) groups is 2. The average Bonchev–Trinajstić information content (AvgIpc) is 3.48. The molecule has 2 aliphatic rings. The standard InChI is InChI=1S/C26H22ClN3O4/c1-33-21-13-6-5-12-20(21)22-23(17-8-7-9-18(27)16-17)28-30(19-10-3-2-4-11-19)24(22)25(31)29-14-15-34-26(29)32/h2-13,16,22,24H,14-15H2,1H3/t22-,24-/m1/s1. The lowest BCUT2D eigenvalue weighted by molar-refractivity contribution is -0.129. The van der Waals surface area contributed by atoms with Crippen molar-refractivity contribution in [2.75, 3.05) is 25.3 Å². The van der Waals surface area contributed by atoms with Crippen molar-refractivity contribution in [1.82, 2.24) is 4.90 Å². The summed E-state index contributed by atoms with van der Waals surface area (Å²) in [5.74, 6) is -0.294. The molecule has 3 aromatic carbocycles. The van der Waals surface area contributed by atoms with E-state index in [-0.39, 0.29) is 19.1 Å². The van der Waals surface area contributed by atoms with Crippen LogP contribution in [0.1, 0.15) is 17.0 Å². The number of nitrogens with zero attached hydrogens (tertiary/aromatic N) is 3. The van der Waals surface area contributed by atoms with Gasteiger partial charge in [0.05, 0.1) is 31.0 Å². The third-order valence-electron chi connectivity index (χ3n) is 5.98. The Morgan fingerprint density at radius 2 is 1.82 bits per heavy atom. The van der Waals surface area contributed by atoms with Gasteiger partial charge in [0.1, 0.15) is 18.4 Å². The molecule has 0 unspecified atom stereocenters. The maximum atomic E-state index is 13.9. The number of halogens is 1. The summed E-state index contributed by atoms with van der Waals surface area (Å²) in [6, 6.07) is 23.5. The number of amides is 2. The highest BCUT2D eigenvalue weighted by Gasteiger charge is 2.48. The van der Waals surface area contributed by atoms with Gasteiger partial charge in [-0.3, -0.25) is 9.80 Å². The molecule has 7 nitrogen and oxygen atoms in total. The van der Waals surface area contributed by atoms with E-state index in [1.54, 1.807) is 18.2 Å². The van der Waals surface area contributed by atoms with Crippen molar-refractivity contribution in [3.05, 3.63) is 95.0 Å². The summed E-state index contributed by atoms with van der Waals surface area (Å²) >= 11 is 6.32. The van der Waals surface area contributed by atoms with E-state index in [9.17, 15) is 9.59 Å². The van der Waals surface area contributed by atoms with Crippen molar-refractivity contribution in [2.45, 2.75) is 12.0 Å². The number of hydrazone groups is 1. The molecule has 2 amide bonds. The molecule has 1 saturated heterocycles. The topological polar surface area (TPSA) is 71.4 Å². The number of imide groups is 1. The summed E-state index contributed by atoms with van der Waals surface area (Å²) in [6.07, 6.45) is -0.645. The lowest BCUT2D eigenvalue weighted by Crippen LogP contribution is -2.48. The molecule has 0 radical (unpaired) electrons. The fourth-order valence-electron chi connectivity index (χ4n) is 4.46. The van der Waals surface area contributed by atoms with Crippen LogP contribution in [-0.4, -0.2) is 48.9 Å². The lowest BCUT2D eigenvalue weighted by atomic mass is 9.83. The Morgan fingerprint density at radius 3 is 2.53 bits per heavy atom. The Kier molecular flexibility index (Phi) is 5.94. The van der Waals surface area contributed by atoms with Gasteiger partial charge >= 0.3 is 6.09 Å². The second kappa shape index (κ2) is 9.19. The molecular formula is C26H22ClN3O4. The Morgan fingerprint density at radius 1 is 1.06 bits per heavy atom. The molecule has 0 spiro atoms. The third-order valence-corrected chi connectivity index (χ3v) is 6.22. The van der Waals surface area contributed by atoms with Gasteiger partial charge in [-0.15, -0.1) is 0 Å². The number of hydrogen-bond acceptors (Lipinski definition) is 6. The van der Waals surface area contributed by atoms with Crippen LogP contribution in [0.3, 0.4) is 0 Å². The van der Waals surface area contributed by atoms with Crippen LogP contribution in [0.15, 0.2) is 84.0 Å². The van der Waals surface area contributed by atoms with Crippen molar-refractivity contribution in [3.8, 4) is 5.75 Å². The molecule has 0 N–H and O–H groups in total. The van der Waals surface area contributed by atoms with Crippen LogP contribution in [0.5, 0.6) is 5.75 Å². The Hall–Kier alpha value is -3.84. The van der Waals surface area contributed by atoms with E-state index in [0.717, 1.165) is 21.7 Å². The molecule has 172 valence electrons. The molecule has 0 bridgehead atoms. The Balaban J connectivity index is 1.72. The van der Waals surface area contributed by atoms with Gasteiger partial charge in [0.2, 0.25) is 0 Å². The van der Waals surface area contributed by atoms with E-state index in [4.69, 9.17) is 26.2 Å². The number of anilines is 1. The summed E-state index contributed by atoms with van der Waals surface area (Å²) in [5, 5.41) is 7.18. The molecule has 5 rings (SSSR count). The molecule has 0 saturated carbocycles. The van der Waals surface area contributed by atoms with E-state index < -0.39 is 18.1 Å². The predicted octanol–water partition coefficient (Wildman–Crippen LogP) is 4.70. The smallest absolute Gasteiger partial charge is 0.416 e. The molecule has 2 heterocycles. The van der Waals surface area contributed by atoms with Gasteiger partial charge in [0, 0.05) is 10.6 Å². The molecule has 0 aliphatic carbocycles. The quantitative estimate of drug-likeness (QED) is 0.534. The van der Waals surface area contributed by atoms with E-state index in [1.807, 2.05) is 72.8 Å².